The number of amides is 1. The first-order chi connectivity index (χ1) is 9.06. The molecule has 1 unspecified atom stereocenters. The Morgan fingerprint density at radius 1 is 1.32 bits per heavy atom. The van der Waals surface area contributed by atoms with E-state index in [1.807, 2.05) is 38.1 Å². The first-order valence-corrected chi connectivity index (χ1v) is 6.34. The van der Waals surface area contributed by atoms with Crippen molar-refractivity contribution in [3.05, 3.63) is 24.3 Å². The van der Waals surface area contributed by atoms with Gasteiger partial charge in [0.25, 0.3) is 0 Å². The summed E-state index contributed by atoms with van der Waals surface area (Å²) in [6, 6.07) is 7.11. The minimum Gasteiger partial charge on any atom is -0.493 e. The van der Waals surface area contributed by atoms with E-state index in [4.69, 9.17) is 15.2 Å². The molecule has 0 heterocycles. The number of nitrogens with two attached hydrogens (primary N) is 1. The summed E-state index contributed by atoms with van der Waals surface area (Å²) in [5, 5.41) is 3.09. The van der Waals surface area contributed by atoms with E-state index in [9.17, 15) is 4.79 Å². The third kappa shape index (κ3) is 4.79. The molecule has 5 heteroatoms. The molecule has 19 heavy (non-hydrogen) atoms. The van der Waals surface area contributed by atoms with Gasteiger partial charge in [-0.2, -0.15) is 0 Å². The number of carbonyl (C=O) groups is 1. The number of methoxy groups -OCH3 is 1. The van der Waals surface area contributed by atoms with Crippen LogP contribution in [0.4, 0.5) is 0 Å². The monoisotopic (exact) mass is 266 g/mol. The van der Waals surface area contributed by atoms with Gasteiger partial charge in [-0.3, -0.25) is 4.79 Å². The van der Waals surface area contributed by atoms with Gasteiger partial charge in [0.2, 0.25) is 5.91 Å². The fourth-order valence-electron chi connectivity index (χ4n) is 1.78. The number of para-hydroxylation sites is 2. The zero-order chi connectivity index (χ0) is 14.3. The highest BCUT2D eigenvalue weighted by Crippen LogP contribution is 2.25. The molecule has 0 aliphatic heterocycles. The van der Waals surface area contributed by atoms with Gasteiger partial charge >= 0.3 is 0 Å². The Balaban J connectivity index is 2.40. The Morgan fingerprint density at radius 3 is 2.47 bits per heavy atom. The average molecular weight is 266 g/mol. The van der Waals surface area contributed by atoms with Crippen LogP contribution in [0.5, 0.6) is 11.5 Å². The van der Waals surface area contributed by atoms with E-state index < -0.39 is 0 Å². The fourth-order valence-corrected chi connectivity index (χ4v) is 1.78. The third-order valence-corrected chi connectivity index (χ3v) is 2.77. The van der Waals surface area contributed by atoms with E-state index in [1.165, 1.54) is 0 Å². The van der Waals surface area contributed by atoms with Gasteiger partial charge in [0.15, 0.2) is 11.5 Å². The van der Waals surface area contributed by atoms with Crippen LogP contribution in [0, 0.1) is 5.92 Å². The van der Waals surface area contributed by atoms with Gasteiger partial charge in [-0.05, 0) is 18.1 Å². The Bertz CT molecular complexity index is 407. The molecule has 0 aliphatic rings. The lowest BCUT2D eigenvalue weighted by molar-refractivity contribution is -0.121. The van der Waals surface area contributed by atoms with Crippen LogP contribution in [0.15, 0.2) is 24.3 Å². The normalized spacial score (nSPS) is 12.2. The van der Waals surface area contributed by atoms with Gasteiger partial charge < -0.3 is 20.5 Å². The van der Waals surface area contributed by atoms with E-state index >= 15 is 0 Å². The fraction of sp³-hybridized carbons (Fsp3) is 0.500. The number of benzene rings is 1. The van der Waals surface area contributed by atoms with Crippen molar-refractivity contribution in [2.45, 2.75) is 19.9 Å². The summed E-state index contributed by atoms with van der Waals surface area (Å²) in [5.74, 6) is 1.20. The quantitative estimate of drug-likeness (QED) is 0.693. The third-order valence-electron chi connectivity index (χ3n) is 2.77. The molecular weight excluding hydrogens is 244 g/mol. The smallest absolute Gasteiger partial charge is 0.234 e. The van der Waals surface area contributed by atoms with Crippen molar-refractivity contribution in [3.8, 4) is 11.5 Å². The first-order valence-electron chi connectivity index (χ1n) is 6.34. The highest BCUT2D eigenvalue weighted by molar-refractivity contribution is 5.80. The predicted molar refractivity (Wildman–Crippen MR) is 74.3 cm³/mol. The minimum atomic E-state index is -0.340. The molecule has 1 aromatic rings. The maximum Gasteiger partial charge on any atom is 0.234 e. The molecule has 106 valence electrons. The molecule has 1 aromatic carbocycles. The summed E-state index contributed by atoms with van der Waals surface area (Å²) in [6.45, 7) is 4.88. The summed E-state index contributed by atoms with van der Waals surface area (Å²) < 4.78 is 10.8. The number of hydrogen-bond donors (Lipinski definition) is 2. The molecule has 0 bridgehead atoms. The standard InChI is InChI=1S/C14H22N2O3/c1-10(2)13(14(15)17)16-8-9-19-12-7-5-4-6-11(12)18-3/h4-7,10,13,16H,8-9H2,1-3H3,(H2,15,17). The van der Waals surface area contributed by atoms with Crippen LogP contribution in [-0.2, 0) is 4.79 Å². The number of ether oxygens (including phenoxy) is 2. The Hall–Kier alpha value is -1.75. The lowest BCUT2D eigenvalue weighted by Gasteiger charge is -2.19. The van der Waals surface area contributed by atoms with Crippen LogP contribution in [0.1, 0.15) is 13.8 Å². The van der Waals surface area contributed by atoms with Gasteiger partial charge in [-0.15, -0.1) is 0 Å². The predicted octanol–water partition coefficient (Wildman–Crippen LogP) is 1.17. The molecule has 0 spiro atoms. The van der Waals surface area contributed by atoms with Gasteiger partial charge in [-0.25, -0.2) is 0 Å². The SMILES string of the molecule is COc1ccccc1OCCNC(C(N)=O)C(C)C. The highest BCUT2D eigenvalue weighted by atomic mass is 16.5. The molecule has 5 nitrogen and oxygen atoms in total. The van der Waals surface area contributed by atoms with Crippen LogP contribution in [-0.4, -0.2) is 32.2 Å². The molecule has 0 saturated carbocycles. The topological polar surface area (TPSA) is 73.6 Å². The first kappa shape index (κ1) is 15.3. The van der Waals surface area contributed by atoms with E-state index in [0.29, 0.717) is 24.7 Å². The molecule has 1 rings (SSSR count). The molecule has 0 radical (unpaired) electrons. The highest BCUT2D eigenvalue weighted by Gasteiger charge is 2.18. The molecule has 0 aromatic heterocycles. The maximum absolute atomic E-state index is 11.2. The van der Waals surface area contributed by atoms with Crippen molar-refractivity contribution in [2.24, 2.45) is 11.7 Å². The second kappa shape index (κ2) is 7.63. The number of rotatable bonds is 8. The van der Waals surface area contributed by atoms with E-state index in [-0.39, 0.29) is 17.9 Å². The summed E-state index contributed by atoms with van der Waals surface area (Å²) in [7, 11) is 1.60. The van der Waals surface area contributed by atoms with Crippen LogP contribution in [0.25, 0.3) is 0 Å². The number of carbonyl (C=O) groups excluding carboxylic acids is 1. The van der Waals surface area contributed by atoms with Crippen LogP contribution in [0.3, 0.4) is 0 Å². The second-order valence-electron chi connectivity index (χ2n) is 4.58. The van der Waals surface area contributed by atoms with Crippen molar-refractivity contribution in [1.82, 2.24) is 5.32 Å². The number of primary amides is 1. The van der Waals surface area contributed by atoms with Crippen molar-refractivity contribution >= 4 is 5.91 Å². The lowest BCUT2D eigenvalue weighted by Crippen LogP contribution is -2.46. The molecule has 1 amide bonds. The Labute approximate surface area is 114 Å². The van der Waals surface area contributed by atoms with Crippen molar-refractivity contribution in [2.75, 3.05) is 20.3 Å². The van der Waals surface area contributed by atoms with Crippen LogP contribution < -0.4 is 20.5 Å². The van der Waals surface area contributed by atoms with Crippen molar-refractivity contribution in [1.29, 1.82) is 0 Å². The summed E-state index contributed by atoms with van der Waals surface area (Å²) >= 11 is 0. The Morgan fingerprint density at radius 2 is 1.95 bits per heavy atom. The van der Waals surface area contributed by atoms with Crippen molar-refractivity contribution < 1.29 is 14.3 Å². The molecule has 0 saturated heterocycles. The van der Waals surface area contributed by atoms with E-state index in [0.717, 1.165) is 0 Å². The molecular formula is C14H22N2O3. The maximum atomic E-state index is 11.2. The summed E-state index contributed by atoms with van der Waals surface area (Å²) in [5.41, 5.74) is 5.31. The van der Waals surface area contributed by atoms with E-state index in [1.54, 1.807) is 7.11 Å². The summed E-state index contributed by atoms with van der Waals surface area (Å²) in [6.07, 6.45) is 0. The van der Waals surface area contributed by atoms with Gasteiger partial charge in [0, 0.05) is 6.54 Å². The zero-order valence-corrected chi connectivity index (χ0v) is 11.7. The van der Waals surface area contributed by atoms with Crippen LogP contribution in [0.2, 0.25) is 0 Å². The summed E-state index contributed by atoms with van der Waals surface area (Å²) in [4.78, 5) is 11.2. The minimum absolute atomic E-state index is 0.156. The second-order valence-corrected chi connectivity index (χ2v) is 4.58. The molecule has 3 N–H and O–H groups in total. The van der Waals surface area contributed by atoms with E-state index in [2.05, 4.69) is 5.32 Å². The van der Waals surface area contributed by atoms with Crippen LogP contribution >= 0.6 is 0 Å². The molecule has 1 atom stereocenters. The molecule has 0 aliphatic carbocycles. The van der Waals surface area contributed by atoms with Gasteiger partial charge in [-0.1, -0.05) is 26.0 Å². The Kier molecular flexibility index (Phi) is 6.15. The average Bonchev–Trinajstić information content (AvgIpc) is 2.38. The lowest BCUT2D eigenvalue weighted by atomic mass is 10.0. The molecule has 0 fully saturated rings. The van der Waals surface area contributed by atoms with Gasteiger partial charge in [0.05, 0.1) is 13.2 Å². The number of nitrogens with one attached hydrogen (secondary N) is 1. The van der Waals surface area contributed by atoms with Gasteiger partial charge in [0.1, 0.15) is 6.61 Å². The number of hydrogen-bond acceptors (Lipinski definition) is 4. The zero-order valence-electron chi connectivity index (χ0n) is 11.7. The largest absolute Gasteiger partial charge is 0.493 e. The van der Waals surface area contributed by atoms with Crippen molar-refractivity contribution in [3.63, 3.8) is 0 Å².